The summed E-state index contributed by atoms with van der Waals surface area (Å²) < 4.78 is 13.9. The number of benzene rings is 1. The quantitative estimate of drug-likeness (QED) is 0.248. The number of anilines is 2. The van der Waals surface area contributed by atoms with Crippen LogP contribution in [0.2, 0.25) is 0 Å². The van der Waals surface area contributed by atoms with Crippen LogP contribution in [-0.4, -0.2) is 33.4 Å². The third-order valence-corrected chi connectivity index (χ3v) is 6.20. The average Bonchev–Trinajstić information content (AvgIpc) is 3.12. The van der Waals surface area contributed by atoms with Crippen molar-refractivity contribution in [1.82, 2.24) is 4.98 Å². The largest absolute Gasteiger partial charge is 0.411 e. The third-order valence-electron chi connectivity index (χ3n) is 5.09. The number of nitrogens with two attached hydrogens (primary N) is 1. The molecule has 3 aromatic rings. The third kappa shape index (κ3) is 3.55. The highest BCUT2D eigenvalue weighted by Crippen LogP contribution is 2.43. The molecule has 4 rings (SSSR count). The van der Waals surface area contributed by atoms with Crippen LogP contribution in [0.15, 0.2) is 58.8 Å². The van der Waals surface area contributed by atoms with Crippen LogP contribution in [-0.2, 0) is 6.42 Å². The molecule has 0 fully saturated rings. The average molecular weight is 436 g/mol. The number of pyridine rings is 1. The summed E-state index contributed by atoms with van der Waals surface area (Å²) in [6, 6.07) is 14.4. The molecule has 0 spiro atoms. The van der Waals surface area contributed by atoms with E-state index in [-0.39, 0.29) is 11.4 Å². The van der Waals surface area contributed by atoms with Crippen LogP contribution in [0.5, 0.6) is 0 Å². The monoisotopic (exact) mass is 436 g/mol. The Morgan fingerprint density at radius 2 is 1.97 bits per heavy atom. The maximum atomic E-state index is 13.9. The van der Waals surface area contributed by atoms with Gasteiger partial charge in [0.15, 0.2) is 0 Å². The van der Waals surface area contributed by atoms with Crippen LogP contribution in [0.3, 0.4) is 0 Å². The van der Waals surface area contributed by atoms with Gasteiger partial charge in [-0.2, -0.15) is 9.65 Å². The predicted octanol–water partition coefficient (Wildman–Crippen LogP) is 3.55. The second-order valence-corrected chi connectivity index (χ2v) is 7.84. The molecule has 31 heavy (non-hydrogen) atoms. The Morgan fingerprint density at radius 1 is 1.19 bits per heavy atom. The standard InChI is InChI=1S/C21H17FN6O2S/c22-15-7-4-8-16(25-15)28-10-9-13-14(11-23)21(24)31-20(13)19(28)18(27-30)17(26-29)12-5-2-1-3-6-12/h1-8,19,29-30H,9-10,24H2/b26-17+,27-18+. The SMILES string of the molecule is N#Cc1c(N)sc2c1CCN(c1cccc(F)n1)C2C(=N/O)/C(=N/O)c1ccccc1. The molecule has 8 nitrogen and oxygen atoms in total. The second-order valence-electron chi connectivity index (χ2n) is 6.76. The summed E-state index contributed by atoms with van der Waals surface area (Å²) in [5.74, 6) is -0.348. The number of thiophene rings is 1. The Kier molecular flexibility index (Phi) is 5.51. The Balaban J connectivity index is 1.92. The van der Waals surface area contributed by atoms with Crippen molar-refractivity contribution in [3.8, 4) is 6.07 Å². The molecule has 1 aliphatic heterocycles. The fraction of sp³-hybridized carbons (Fsp3) is 0.143. The van der Waals surface area contributed by atoms with E-state index in [9.17, 15) is 20.1 Å². The summed E-state index contributed by atoms with van der Waals surface area (Å²) in [6.07, 6.45) is 0.469. The molecule has 0 radical (unpaired) electrons. The van der Waals surface area contributed by atoms with Gasteiger partial charge in [0.1, 0.15) is 34.4 Å². The van der Waals surface area contributed by atoms with Gasteiger partial charge in [-0.05, 0) is 24.1 Å². The van der Waals surface area contributed by atoms with E-state index in [0.717, 1.165) is 5.56 Å². The molecule has 0 bridgehead atoms. The predicted molar refractivity (Wildman–Crippen MR) is 115 cm³/mol. The lowest BCUT2D eigenvalue weighted by Crippen LogP contribution is -2.42. The summed E-state index contributed by atoms with van der Waals surface area (Å²) >= 11 is 1.18. The Morgan fingerprint density at radius 3 is 2.61 bits per heavy atom. The zero-order chi connectivity index (χ0) is 22.0. The zero-order valence-corrected chi connectivity index (χ0v) is 16.9. The summed E-state index contributed by atoms with van der Waals surface area (Å²) in [4.78, 5) is 6.36. The summed E-state index contributed by atoms with van der Waals surface area (Å²) in [5.41, 5.74) is 7.76. The van der Waals surface area contributed by atoms with Gasteiger partial charge >= 0.3 is 0 Å². The first-order valence-corrected chi connectivity index (χ1v) is 10.1. The normalized spacial score (nSPS) is 16.6. The van der Waals surface area contributed by atoms with Gasteiger partial charge in [-0.25, -0.2) is 4.98 Å². The molecule has 10 heteroatoms. The molecule has 4 N–H and O–H groups in total. The molecule has 0 amide bonds. The van der Waals surface area contributed by atoms with Crippen molar-refractivity contribution in [3.63, 3.8) is 0 Å². The minimum absolute atomic E-state index is 0.0199. The van der Waals surface area contributed by atoms with E-state index in [1.807, 2.05) is 0 Å². The fourth-order valence-corrected chi connectivity index (χ4v) is 4.94. The van der Waals surface area contributed by atoms with Crippen molar-refractivity contribution in [2.45, 2.75) is 12.5 Å². The van der Waals surface area contributed by atoms with Crippen LogP contribution in [0, 0.1) is 17.3 Å². The lowest BCUT2D eigenvalue weighted by Gasteiger charge is -2.36. The molecule has 1 aromatic carbocycles. The minimum Gasteiger partial charge on any atom is -0.411 e. The van der Waals surface area contributed by atoms with Gasteiger partial charge in [0.25, 0.3) is 0 Å². The molecule has 1 unspecified atom stereocenters. The number of rotatable bonds is 4. The first-order chi connectivity index (χ1) is 15.1. The molecule has 0 saturated carbocycles. The summed E-state index contributed by atoms with van der Waals surface area (Å²) in [5, 5.41) is 36.5. The van der Waals surface area contributed by atoms with E-state index in [4.69, 9.17) is 5.73 Å². The van der Waals surface area contributed by atoms with Gasteiger partial charge in [-0.3, -0.25) is 0 Å². The number of nitriles is 1. The van der Waals surface area contributed by atoms with Gasteiger partial charge in [0.05, 0.1) is 5.56 Å². The fourth-order valence-electron chi connectivity index (χ4n) is 3.76. The van der Waals surface area contributed by atoms with Gasteiger partial charge < -0.3 is 21.0 Å². The van der Waals surface area contributed by atoms with Crippen molar-refractivity contribution in [2.75, 3.05) is 17.2 Å². The molecule has 2 aromatic heterocycles. The Bertz CT molecular complexity index is 1220. The maximum Gasteiger partial charge on any atom is 0.214 e. The number of hydrogen-bond acceptors (Lipinski definition) is 9. The zero-order valence-electron chi connectivity index (χ0n) is 16.1. The maximum absolute atomic E-state index is 13.9. The summed E-state index contributed by atoms with van der Waals surface area (Å²) in [7, 11) is 0. The van der Waals surface area contributed by atoms with E-state index >= 15 is 0 Å². The number of nitrogens with zero attached hydrogens (tertiary/aromatic N) is 5. The lowest BCUT2D eigenvalue weighted by molar-refractivity contribution is 0.312. The van der Waals surface area contributed by atoms with Crippen LogP contribution < -0.4 is 10.6 Å². The Labute approximate surface area is 181 Å². The van der Waals surface area contributed by atoms with Gasteiger partial charge in [-0.1, -0.05) is 46.7 Å². The van der Waals surface area contributed by atoms with Crippen LogP contribution in [0.25, 0.3) is 0 Å². The van der Waals surface area contributed by atoms with Crippen molar-refractivity contribution in [2.24, 2.45) is 10.3 Å². The first kappa shape index (κ1) is 20.3. The number of hydrogen-bond donors (Lipinski definition) is 3. The van der Waals surface area contributed by atoms with Crippen LogP contribution in [0.4, 0.5) is 15.2 Å². The molecule has 156 valence electrons. The highest BCUT2D eigenvalue weighted by molar-refractivity contribution is 7.16. The molecule has 0 aliphatic carbocycles. The highest BCUT2D eigenvalue weighted by Gasteiger charge is 2.39. The number of nitrogen functional groups attached to an aromatic ring is 1. The van der Waals surface area contributed by atoms with Crippen LogP contribution >= 0.6 is 11.3 Å². The lowest BCUT2D eigenvalue weighted by atomic mass is 9.91. The minimum atomic E-state index is -0.802. The summed E-state index contributed by atoms with van der Waals surface area (Å²) in [6.45, 7) is 0.353. The molecular weight excluding hydrogens is 419 g/mol. The van der Waals surface area contributed by atoms with Crippen molar-refractivity contribution in [3.05, 3.63) is 76.0 Å². The number of aromatic nitrogens is 1. The Hall–Kier alpha value is -3.97. The van der Waals surface area contributed by atoms with Crippen molar-refractivity contribution in [1.29, 1.82) is 5.26 Å². The van der Waals surface area contributed by atoms with Crippen molar-refractivity contribution < 1.29 is 14.8 Å². The van der Waals surface area contributed by atoms with Gasteiger partial charge in [0, 0.05) is 17.0 Å². The molecule has 1 aliphatic rings. The molecule has 3 heterocycles. The van der Waals surface area contributed by atoms with Gasteiger partial charge in [-0.15, -0.1) is 11.3 Å². The number of halogens is 1. The molecular formula is C21H17FN6O2S. The van der Waals surface area contributed by atoms with E-state index in [0.29, 0.717) is 39.8 Å². The van der Waals surface area contributed by atoms with Crippen LogP contribution in [0.1, 0.15) is 27.6 Å². The highest BCUT2D eigenvalue weighted by atomic mass is 32.1. The van der Waals surface area contributed by atoms with Gasteiger partial charge in [0.2, 0.25) is 5.95 Å². The van der Waals surface area contributed by atoms with E-state index in [2.05, 4.69) is 21.4 Å². The van der Waals surface area contributed by atoms with E-state index in [1.54, 1.807) is 41.3 Å². The second kappa shape index (κ2) is 8.41. The smallest absolute Gasteiger partial charge is 0.214 e. The molecule has 0 saturated heterocycles. The number of fused-ring (bicyclic) bond motifs is 1. The first-order valence-electron chi connectivity index (χ1n) is 9.29. The van der Waals surface area contributed by atoms with Crippen molar-refractivity contribution >= 4 is 33.6 Å². The molecule has 1 atom stereocenters. The van der Waals surface area contributed by atoms with E-state index in [1.165, 1.54) is 23.5 Å². The number of oxime groups is 2. The van der Waals surface area contributed by atoms with E-state index < -0.39 is 12.0 Å². The topological polar surface area (TPSA) is 131 Å².